The van der Waals surface area contributed by atoms with Crippen LogP contribution in [0, 0.1) is 0 Å². The average Bonchev–Trinajstić information content (AvgIpc) is 2.63. The van der Waals surface area contributed by atoms with Crippen molar-refractivity contribution in [2.45, 2.75) is 130 Å². The van der Waals surface area contributed by atoms with Crippen LogP contribution < -0.4 is 0 Å². The van der Waals surface area contributed by atoms with E-state index in [0.717, 1.165) is 22.3 Å². The first kappa shape index (κ1) is 28.3. The van der Waals surface area contributed by atoms with Crippen molar-refractivity contribution in [2.75, 3.05) is 0 Å². The van der Waals surface area contributed by atoms with E-state index in [9.17, 15) is 10.2 Å². The Bertz CT molecular complexity index is 875. The third-order valence-electron chi connectivity index (χ3n) is 7.30. The zero-order chi connectivity index (χ0) is 26.6. The molecule has 2 aromatic carbocycles. The second-order valence-electron chi connectivity index (χ2n) is 14.5. The molecule has 2 nitrogen and oxygen atoms in total. The molecule has 0 bridgehead atoms. The summed E-state index contributed by atoms with van der Waals surface area (Å²) in [6, 6.07) is 8.84. The Kier molecular flexibility index (Phi) is 7.42. The summed E-state index contributed by atoms with van der Waals surface area (Å²) < 4.78 is 0. The van der Waals surface area contributed by atoms with Gasteiger partial charge in [0.1, 0.15) is 11.5 Å². The molecule has 0 aliphatic heterocycles. The van der Waals surface area contributed by atoms with Crippen molar-refractivity contribution >= 4 is 0 Å². The summed E-state index contributed by atoms with van der Waals surface area (Å²) in [7, 11) is 0. The lowest BCUT2D eigenvalue weighted by Crippen LogP contribution is -2.20. The number of phenolic OH excluding ortho intramolecular Hbond substituents is 2. The third-order valence-corrected chi connectivity index (χ3v) is 7.30. The van der Waals surface area contributed by atoms with Gasteiger partial charge in [0.2, 0.25) is 0 Å². The molecule has 2 N–H and O–H groups in total. The van der Waals surface area contributed by atoms with Crippen molar-refractivity contribution < 1.29 is 10.2 Å². The molecule has 0 spiro atoms. The summed E-state index contributed by atoms with van der Waals surface area (Å²) in [5.41, 5.74) is 5.92. The number of benzene rings is 2. The maximum atomic E-state index is 11.2. The quantitative estimate of drug-likeness (QED) is 0.473. The third kappa shape index (κ3) is 5.81. The highest BCUT2D eigenvalue weighted by molar-refractivity contribution is 5.53. The predicted molar refractivity (Wildman–Crippen MR) is 148 cm³/mol. The minimum Gasteiger partial charge on any atom is -0.507 e. The molecule has 34 heavy (non-hydrogen) atoms. The smallest absolute Gasteiger partial charge is 0.123 e. The lowest BCUT2D eigenvalue weighted by molar-refractivity contribution is 0.419. The van der Waals surface area contributed by atoms with E-state index in [4.69, 9.17) is 0 Å². The van der Waals surface area contributed by atoms with E-state index >= 15 is 0 Å². The number of phenols is 2. The molecular formula is C32H50O2. The van der Waals surface area contributed by atoms with Crippen LogP contribution in [-0.2, 0) is 21.7 Å². The van der Waals surface area contributed by atoms with Gasteiger partial charge in [0.25, 0.3) is 0 Å². The molecule has 0 aliphatic carbocycles. The van der Waals surface area contributed by atoms with Crippen LogP contribution >= 0.6 is 0 Å². The van der Waals surface area contributed by atoms with E-state index in [1.54, 1.807) is 0 Å². The Hall–Kier alpha value is -1.96. The van der Waals surface area contributed by atoms with Gasteiger partial charge in [0, 0.05) is 0 Å². The molecule has 2 heteroatoms. The highest BCUT2D eigenvalue weighted by Gasteiger charge is 2.31. The number of hydrogen-bond acceptors (Lipinski definition) is 2. The maximum absolute atomic E-state index is 11.2. The summed E-state index contributed by atoms with van der Waals surface area (Å²) in [5, 5.41) is 22.4. The molecule has 0 aliphatic rings. The van der Waals surface area contributed by atoms with Crippen molar-refractivity contribution in [2.24, 2.45) is 0 Å². The lowest BCUT2D eigenvalue weighted by Gasteiger charge is -2.32. The van der Waals surface area contributed by atoms with E-state index in [-0.39, 0.29) is 33.5 Å². The van der Waals surface area contributed by atoms with Crippen molar-refractivity contribution in [3.63, 3.8) is 0 Å². The van der Waals surface area contributed by atoms with Crippen molar-refractivity contribution in [3.8, 4) is 11.5 Å². The lowest BCUT2D eigenvalue weighted by atomic mass is 9.73. The van der Waals surface area contributed by atoms with E-state index in [2.05, 4.69) is 121 Å². The Morgan fingerprint density at radius 1 is 0.441 bits per heavy atom. The fraction of sp³-hybridized carbons (Fsp3) is 0.625. The zero-order valence-corrected chi connectivity index (χ0v) is 24.4. The fourth-order valence-electron chi connectivity index (χ4n) is 4.70. The molecule has 0 saturated carbocycles. The largest absolute Gasteiger partial charge is 0.507 e. The van der Waals surface area contributed by atoms with Gasteiger partial charge >= 0.3 is 0 Å². The van der Waals surface area contributed by atoms with E-state index in [1.807, 2.05) is 0 Å². The van der Waals surface area contributed by atoms with Crippen molar-refractivity contribution in [1.82, 2.24) is 0 Å². The van der Waals surface area contributed by atoms with Crippen LogP contribution in [0.4, 0.5) is 0 Å². The molecule has 0 aromatic heterocycles. The van der Waals surface area contributed by atoms with Crippen LogP contribution in [0.5, 0.6) is 11.5 Å². The minimum absolute atomic E-state index is 0.152. The summed E-state index contributed by atoms with van der Waals surface area (Å²) >= 11 is 0. The minimum atomic E-state index is -0.152. The normalized spacial score (nSPS) is 15.4. The highest BCUT2D eigenvalue weighted by atomic mass is 16.3. The second kappa shape index (κ2) is 8.92. The maximum Gasteiger partial charge on any atom is 0.123 e. The van der Waals surface area contributed by atoms with Gasteiger partial charge in [-0.05, 0) is 66.9 Å². The summed E-state index contributed by atoms with van der Waals surface area (Å²) in [5.74, 6) is 1.34. The van der Waals surface area contributed by atoms with Gasteiger partial charge in [-0.1, -0.05) is 121 Å². The van der Waals surface area contributed by atoms with Gasteiger partial charge in [-0.3, -0.25) is 0 Å². The van der Waals surface area contributed by atoms with Gasteiger partial charge in [0.15, 0.2) is 0 Å². The Morgan fingerprint density at radius 2 is 0.618 bits per heavy atom. The van der Waals surface area contributed by atoms with E-state index in [1.165, 1.54) is 11.1 Å². The summed E-state index contributed by atoms with van der Waals surface area (Å²) in [4.78, 5) is 0. The van der Waals surface area contributed by atoms with Crippen molar-refractivity contribution in [3.05, 3.63) is 57.6 Å². The fourth-order valence-corrected chi connectivity index (χ4v) is 4.70. The topological polar surface area (TPSA) is 40.5 Å². The molecular weight excluding hydrogens is 416 g/mol. The van der Waals surface area contributed by atoms with E-state index in [0.29, 0.717) is 11.5 Å². The molecule has 2 aromatic rings. The monoisotopic (exact) mass is 466 g/mol. The Balaban J connectivity index is 2.74. The first-order valence-electron chi connectivity index (χ1n) is 12.8. The average molecular weight is 467 g/mol. The van der Waals surface area contributed by atoms with Crippen LogP contribution in [0.15, 0.2) is 24.3 Å². The van der Waals surface area contributed by atoms with Crippen LogP contribution in [0.2, 0.25) is 0 Å². The second-order valence-corrected chi connectivity index (χ2v) is 14.5. The summed E-state index contributed by atoms with van der Waals surface area (Å²) in [6.45, 7) is 30.5. The van der Waals surface area contributed by atoms with Crippen LogP contribution in [0.25, 0.3) is 0 Å². The van der Waals surface area contributed by atoms with Gasteiger partial charge < -0.3 is 10.2 Å². The van der Waals surface area contributed by atoms with Gasteiger partial charge in [-0.25, -0.2) is 0 Å². The Labute approximate surface area is 209 Å². The zero-order valence-electron chi connectivity index (χ0n) is 24.4. The summed E-state index contributed by atoms with van der Waals surface area (Å²) in [6.07, 6.45) is 0. The SMILES string of the molecule is CC(c1cc(C(C)(C)C)c(O)c(C(C)(C)C)c1)C(C)c1cc(C(C)(C)C)c(O)c(C(C)(C)C)c1. The molecule has 2 atom stereocenters. The Morgan fingerprint density at radius 3 is 0.765 bits per heavy atom. The predicted octanol–water partition coefficient (Wildman–Crippen LogP) is 9.20. The van der Waals surface area contributed by atoms with Crippen LogP contribution in [0.1, 0.15) is 142 Å². The first-order valence-corrected chi connectivity index (χ1v) is 12.8. The molecule has 0 amide bonds. The molecule has 0 radical (unpaired) electrons. The highest BCUT2D eigenvalue weighted by Crippen LogP contribution is 2.46. The van der Waals surface area contributed by atoms with Gasteiger partial charge in [0.05, 0.1) is 0 Å². The van der Waals surface area contributed by atoms with Crippen LogP contribution in [0.3, 0.4) is 0 Å². The number of aromatic hydroxyl groups is 2. The molecule has 2 unspecified atom stereocenters. The molecule has 0 saturated heterocycles. The molecule has 0 fully saturated rings. The van der Waals surface area contributed by atoms with Gasteiger partial charge in [-0.15, -0.1) is 0 Å². The first-order chi connectivity index (χ1) is 15.1. The molecule has 0 heterocycles. The molecule has 190 valence electrons. The number of rotatable bonds is 3. The standard InChI is InChI=1S/C32H50O2/c1-19(21-15-23(29(3,4)5)27(33)24(16-21)30(6,7)8)20(2)22-17-25(31(9,10)11)28(34)26(18-22)32(12,13)14/h15-20,33-34H,1-14H3. The number of hydrogen-bond donors (Lipinski definition) is 2. The van der Waals surface area contributed by atoms with Gasteiger partial charge in [-0.2, -0.15) is 0 Å². The molecule has 2 rings (SSSR count). The van der Waals surface area contributed by atoms with Crippen LogP contribution in [-0.4, -0.2) is 10.2 Å². The van der Waals surface area contributed by atoms with E-state index < -0.39 is 0 Å². The van der Waals surface area contributed by atoms with Crippen molar-refractivity contribution in [1.29, 1.82) is 0 Å².